The van der Waals surface area contributed by atoms with Crippen molar-refractivity contribution in [2.45, 2.75) is 4.90 Å². The number of amides is 1. The molecule has 8 heteroatoms. The Bertz CT molecular complexity index is 599. The van der Waals surface area contributed by atoms with Crippen molar-refractivity contribution in [2.24, 2.45) is 0 Å². The number of hydrogen-bond acceptors (Lipinski definition) is 5. The van der Waals surface area contributed by atoms with Crippen LogP contribution in [0.5, 0.6) is 0 Å². The summed E-state index contributed by atoms with van der Waals surface area (Å²) >= 11 is 0. The number of nitrogen functional groups attached to an aromatic ring is 1. The van der Waals surface area contributed by atoms with E-state index in [4.69, 9.17) is 5.73 Å². The number of nitrogens with two attached hydrogens (primary N) is 1. The summed E-state index contributed by atoms with van der Waals surface area (Å²) in [6.07, 6.45) is 0. The molecule has 0 aliphatic rings. The fraction of sp³-hybridized carbons (Fsp3) is 0.417. The smallest absolute Gasteiger partial charge is 0.242 e. The van der Waals surface area contributed by atoms with Gasteiger partial charge in [0.1, 0.15) is 4.90 Å². The Morgan fingerprint density at radius 1 is 1.30 bits per heavy atom. The molecule has 0 aliphatic heterocycles. The van der Waals surface area contributed by atoms with Gasteiger partial charge in [-0.1, -0.05) is 0 Å². The zero-order chi connectivity index (χ0) is 15.5. The van der Waals surface area contributed by atoms with Crippen molar-refractivity contribution in [3.05, 3.63) is 18.2 Å². The van der Waals surface area contributed by atoms with E-state index in [0.717, 1.165) is 0 Å². The maximum atomic E-state index is 12.0. The van der Waals surface area contributed by atoms with Gasteiger partial charge in [0.25, 0.3) is 0 Å². The molecule has 20 heavy (non-hydrogen) atoms. The predicted molar refractivity (Wildman–Crippen MR) is 79.1 cm³/mol. The van der Waals surface area contributed by atoms with Crippen LogP contribution in [0, 0.1) is 0 Å². The van der Waals surface area contributed by atoms with Gasteiger partial charge in [-0.25, -0.2) is 13.1 Å². The number of carbonyl (C=O) groups excluding carboxylic acids is 1. The number of likely N-dealkylation sites (N-methyl/N-ethyl adjacent to an activating group) is 2. The van der Waals surface area contributed by atoms with Crippen LogP contribution in [0.25, 0.3) is 0 Å². The lowest BCUT2D eigenvalue weighted by atomic mass is 10.2. The van der Waals surface area contributed by atoms with Crippen molar-refractivity contribution in [1.82, 2.24) is 9.62 Å². The Morgan fingerprint density at radius 3 is 2.40 bits per heavy atom. The lowest BCUT2D eigenvalue weighted by molar-refractivity contribution is -0.127. The van der Waals surface area contributed by atoms with E-state index in [2.05, 4.69) is 4.72 Å². The minimum absolute atomic E-state index is 0.0501. The molecule has 3 N–H and O–H groups in total. The Morgan fingerprint density at radius 2 is 1.90 bits per heavy atom. The van der Waals surface area contributed by atoms with Crippen LogP contribution in [0.3, 0.4) is 0 Å². The fourth-order valence-electron chi connectivity index (χ4n) is 1.60. The molecular formula is C12H20N4O3S. The van der Waals surface area contributed by atoms with Crippen LogP contribution in [-0.4, -0.2) is 54.0 Å². The number of anilines is 2. The molecule has 0 saturated carbocycles. The molecule has 112 valence electrons. The molecule has 0 unspecified atom stereocenters. The van der Waals surface area contributed by atoms with Gasteiger partial charge >= 0.3 is 0 Å². The van der Waals surface area contributed by atoms with E-state index < -0.39 is 10.0 Å². The molecule has 0 radical (unpaired) electrons. The Balaban J connectivity index is 3.22. The highest BCUT2D eigenvalue weighted by molar-refractivity contribution is 7.89. The van der Waals surface area contributed by atoms with E-state index in [1.807, 2.05) is 0 Å². The molecule has 1 aromatic carbocycles. The van der Waals surface area contributed by atoms with Gasteiger partial charge in [-0.15, -0.1) is 0 Å². The van der Waals surface area contributed by atoms with Gasteiger partial charge in [0.2, 0.25) is 15.9 Å². The van der Waals surface area contributed by atoms with Crippen molar-refractivity contribution in [2.75, 3.05) is 45.4 Å². The average molecular weight is 300 g/mol. The first-order valence-electron chi connectivity index (χ1n) is 5.93. The minimum Gasteiger partial charge on any atom is -0.399 e. The second-order valence-corrected chi connectivity index (χ2v) is 6.43. The summed E-state index contributed by atoms with van der Waals surface area (Å²) in [6, 6.07) is 4.56. The third-order valence-corrected chi connectivity index (χ3v) is 4.27. The SMILES string of the molecule is CNS(=O)(=O)c1cc(N)ccc1N(C)CC(=O)N(C)C. The number of hydrogen-bond donors (Lipinski definition) is 2. The highest BCUT2D eigenvalue weighted by atomic mass is 32.2. The summed E-state index contributed by atoms with van der Waals surface area (Å²) in [5, 5.41) is 0. The van der Waals surface area contributed by atoms with Gasteiger partial charge in [0.05, 0.1) is 12.2 Å². The molecule has 0 heterocycles. The lowest BCUT2D eigenvalue weighted by Gasteiger charge is -2.23. The van der Waals surface area contributed by atoms with Crippen molar-refractivity contribution >= 4 is 27.3 Å². The third-order valence-electron chi connectivity index (χ3n) is 2.82. The van der Waals surface area contributed by atoms with E-state index >= 15 is 0 Å². The molecule has 1 amide bonds. The van der Waals surface area contributed by atoms with Crippen LogP contribution in [0.2, 0.25) is 0 Å². The molecule has 1 rings (SSSR count). The fourth-order valence-corrected chi connectivity index (χ4v) is 2.61. The van der Waals surface area contributed by atoms with Gasteiger partial charge in [-0.05, 0) is 25.2 Å². The summed E-state index contributed by atoms with van der Waals surface area (Å²) in [6.45, 7) is 0.0726. The molecule has 0 atom stereocenters. The van der Waals surface area contributed by atoms with Gasteiger partial charge < -0.3 is 15.5 Å². The van der Waals surface area contributed by atoms with Crippen LogP contribution in [-0.2, 0) is 14.8 Å². The zero-order valence-electron chi connectivity index (χ0n) is 12.0. The summed E-state index contributed by atoms with van der Waals surface area (Å²) in [5.74, 6) is -0.128. The number of nitrogens with zero attached hydrogens (tertiary/aromatic N) is 2. The molecule has 0 spiro atoms. The summed E-state index contributed by atoms with van der Waals surface area (Å²) < 4.78 is 26.3. The van der Waals surface area contributed by atoms with Gasteiger partial charge in [-0.2, -0.15) is 0 Å². The number of carbonyl (C=O) groups is 1. The number of benzene rings is 1. The van der Waals surface area contributed by atoms with Crippen LogP contribution in [0.1, 0.15) is 0 Å². The number of nitrogens with one attached hydrogen (secondary N) is 1. The maximum absolute atomic E-state index is 12.0. The second-order valence-electron chi connectivity index (χ2n) is 4.58. The normalized spacial score (nSPS) is 11.2. The molecule has 0 aromatic heterocycles. The highest BCUT2D eigenvalue weighted by Gasteiger charge is 2.21. The monoisotopic (exact) mass is 300 g/mol. The van der Waals surface area contributed by atoms with Gasteiger partial charge in [0, 0.05) is 26.8 Å². The van der Waals surface area contributed by atoms with Crippen molar-refractivity contribution in [3.8, 4) is 0 Å². The molecular weight excluding hydrogens is 280 g/mol. The van der Waals surface area contributed by atoms with E-state index in [9.17, 15) is 13.2 Å². The first-order chi connectivity index (χ1) is 9.19. The largest absolute Gasteiger partial charge is 0.399 e. The maximum Gasteiger partial charge on any atom is 0.242 e. The van der Waals surface area contributed by atoms with Gasteiger partial charge in [-0.3, -0.25) is 4.79 Å². The highest BCUT2D eigenvalue weighted by Crippen LogP contribution is 2.26. The van der Waals surface area contributed by atoms with E-state index in [0.29, 0.717) is 11.4 Å². The lowest BCUT2D eigenvalue weighted by Crippen LogP contribution is -2.35. The van der Waals surface area contributed by atoms with Crippen molar-refractivity contribution < 1.29 is 13.2 Å². The molecule has 0 saturated heterocycles. The third kappa shape index (κ3) is 3.61. The summed E-state index contributed by atoms with van der Waals surface area (Å²) in [5.41, 5.74) is 6.41. The molecule has 0 fully saturated rings. The second kappa shape index (κ2) is 6.10. The quantitative estimate of drug-likeness (QED) is 0.728. The number of sulfonamides is 1. The molecule has 7 nitrogen and oxygen atoms in total. The topological polar surface area (TPSA) is 95.7 Å². The average Bonchev–Trinajstić information content (AvgIpc) is 2.38. The van der Waals surface area contributed by atoms with E-state index in [1.54, 1.807) is 38.2 Å². The minimum atomic E-state index is -3.65. The van der Waals surface area contributed by atoms with Crippen LogP contribution in [0.15, 0.2) is 23.1 Å². The van der Waals surface area contributed by atoms with E-state index in [1.165, 1.54) is 18.0 Å². The van der Waals surface area contributed by atoms with Gasteiger partial charge in [0.15, 0.2) is 0 Å². The predicted octanol–water partition coefficient (Wildman–Crippen LogP) is -0.299. The summed E-state index contributed by atoms with van der Waals surface area (Å²) in [7, 11) is 2.62. The van der Waals surface area contributed by atoms with E-state index in [-0.39, 0.29) is 17.3 Å². The van der Waals surface area contributed by atoms with Crippen molar-refractivity contribution in [1.29, 1.82) is 0 Å². The van der Waals surface area contributed by atoms with Crippen LogP contribution >= 0.6 is 0 Å². The van der Waals surface area contributed by atoms with Crippen LogP contribution < -0.4 is 15.4 Å². The first-order valence-corrected chi connectivity index (χ1v) is 7.41. The zero-order valence-corrected chi connectivity index (χ0v) is 12.9. The first kappa shape index (κ1) is 16.3. The Hall–Kier alpha value is -1.80. The van der Waals surface area contributed by atoms with Crippen LogP contribution in [0.4, 0.5) is 11.4 Å². The molecule has 0 bridgehead atoms. The standard InChI is InChI=1S/C12H20N4O3S/c1-14-20(18,19)11-7-9(13)5-6-10(11)16(4)8-12(17)15(2)3/h5-7,14H,8,13H2,1-4H3. The summed E-state index contributed by atoms with van der Waals surface area (Å²) in [4.78, 5) is 14.8. The number of rotatable bonds is 5. The Labute approximate surface area is 119 Å². The Kier molecular flexibility index (Phi) is 4.96. The molecule has 1 aromatic rings. The van der Waals surface area contributed by atoms with Crippen molar-refractivity contribution in [3.63, 3.8) is 0 Å². The molecule has 0 aliphatic carbocycles.